The van der Waals surface area contributed by atoms with Gasteiger partial charge in [-0.2, -0.15) is 9.40 Å². The summed E-state index contributed by atoms with van der Waals surface area (Å²) in [5.74, 6) is -2.17. The summed E-state index contributed by atoms with van der Waals surface area (Å²) >= 11 is 1.97. The molecule has 0 bridgehead atoms. The molecule has 1 unspecified atom stereocenters. The largest absolute Gasteiger partial charge is 0.490 e. The van der Waals surface area contributed by atoms with Crippen LogP contribution in [0.2, 0.25) is 0 Å². The van der Waals surface area contributed by atoms with Gasteiger partial charge in [-0.1, -0.05) is 6.07 Å². The standard InChI is InChI=1S/C23H23F2IN4O5S/c1-29-12-19(10-28-29)36(32,33)30-4-5-34-18(11-30)13-35-21-8-16(24)7-15(22(21)23(27)31)6-14-2-3-17(26)9-20(14)25/h2-3,7-10,12,18H,4-6,11,13H2,1H3,(H2,27,31). The van der Waals surface area contributed by atoms with Gasteiger partial charge in [0, 0.05) is 42.4 Å². The fraction of sp³-hybridized carbons (Fsp3) is 0.304. The lowest BCUT2D eigenvalue weighted by molar-refractivity contribution is -0.0251. The van der Waals surface area contributed by atoms with Crippen LogP contribution in [0.1, 0.15) is 21.5 Å². The number of hydrogen-bond acceptors (Lipinski definition) is 6. The number of primary amides is 1. The molecule has 1 amide bonds. The van der Waals surface area contributed by atoms with Crippen molar-refractivity contribution in [1.29, 1.82) is 0 Å². The molecule has 2 heterocycles. The molecular weight excluding hydrogens is 609 g/mol. The zero-order valence-electron chi connectivity index (χ0n) is 19.2. The van der Waals surface area contributed by atoms with Crippen molar-refractivity contribution in [1.82, 2.24) is 14.1 Å². The van der Waals surface area contributed by atoms with Crippen LogP contribution in [0, 0.1) is 15.2 Å². The maximum atomic E-state index is 14.5. The zero-order chi connectivity index (χ0) is 26.0. The Hall–Kier alpha value is -2.62. The number of sulfonamides is 1. The Morgan fingerprint density at radius 1 is 1.28 bits per heavy atom. The van der Waals surface area contributed by atoms with Crippen molar-refractivity contribution < 1.29 is 31.5 Å². The van der Waals surface area contributed by atoms with Crippen LogP contribution < -0.4 is 10.5 Å². The van der Waals surface area contributed by atoms with Gasteiger partial charge in [-0.25, -0.2) is 17.2 Å². The Labute approximate surface area is 220 Å². The molecule has 0 saturated carbocycles. The van der Waals surface area contributed by atoms with Crippen LogP contribution in [0.3, 0.4) is 0 Å². The Balaban J connectivity index is 1.53. The summed E-state index contributed by atoms with van der Waals surface area (Å²) in [6.45, 7) is 0.0852. The molecule has 1 aromatic heterocycles. The second kappa shape index (κ2) is 10.8. The Kier molecular flexibility index (Phi) is 7.92. The number of halogens is 3. The molecule has 1 atom stereocenters. The van der Waals surface area contributed by atoms with Crippen LogP contribution >= 0.6 is 22.6 Å². The lowest BCUT2D eigenvalue weighted by Crippen LogP contribution is -2.47. The molecule has 192 valence electrons. The number of carbonyl (C=O) groups is 1. The smallest absolute Gasteiger partial charge is 0.252 e. The number of amides is 1. The lowest BCUT2D eigenvalue weighted by Gasteiger charge is -2.31. The third kappa shape index (κ3) is 5.85. The van der Waals surface area contributed by atoms with Gasteiger partial charge in [0.25, 0.3) is 5.91 Å². The van der Waals surface area contributed by atoms with Crippen molar-refractivity contribution >= 4 is 38.5 Å². The number of aromatic nitrogens is 2. The number of hydrogen-bond donors (Lipinski definition) is 1. The first-order chi connectivity index (χ1) is 17.0. The van der Waals surface area contributed by atoms with E-state index in [0.717, 1.165) is 12.1 Å². The van der Waals surface area contributed by atoms with E-state index >= 15 is 0 Å². The van der Waals surface area contributed by atoms with E-state index in [0.29, 0.717) is 3.57 Å². The zero-order valence-corrected chi connectivity index (χ0v) is 22.1. The van der Waals surface area contributed by atoms with Gasteiger partial charge in [0.15, 0.2) is 0 Å². The van der Waals surface area contributed by atoms with Gasteiger partial charge in [0.05, 0.1) is 18.4 Å². The number of aryl methyl sites for hydroxylation is 1. The Morgan fingerprint density at radius 3 is 2.72 bits per heavy atom. The SMILES string of the molecule is Cn1cc(S(=O)(=O)N2CCOC(COc3cc(F)cc(Cc4ccc(I)cc4F)c3C(N)=O)C2)cn1. The van der Waals surface area contributed by atoms with Gasteiger partial charge in [0.1, 0.15) is 35.0 Å². The minimum absolute atomic E-state index is 0.0147. The third-order valence-corrected chi connectivity index (χ3v) is 8.13. The Bertz CT molecular complexity index is 1400. The van der Waals surface area contributed by atoms with E-state index in [1.54, 1.807) is 19.2 Å². The Morgan fingerprint density at radius 2 is 2.06 bits per heavy atom. The average Bonchev–Trinajstić information content (AvgIpc) is 3.26. The summed E-state index contributed by atoms with van der Waals surface area (Å²) < 4.78 is 69.4. The number of carbonyl (C=O) groups excluding carboxylic acids is 1. The highest BCUT2D eigenvalue weighted by molar-refractivity contribution is 14.1. The second-order valence-corrected chi connectivity index (χ2v) is 11.4. The monoisotopic (exact) mass is 632 g/mol. The minimum atomic E-state index is -3.79. The molecule has 13 heteroatoms. The molecule has 2 aromatic carbocycles. The number of morpholine rings is 1. The fourth-order valence-corrected chi connectivity index (χ4v) is 5.81. The summed E-state index contributed by atoms with van der Waals surface area (Å²) in [5.41, 5.74) is 5.93. The normalized spacial score (nSPS) is 16.7. The third-order valence-electron chi connectivity index (χ3n) is 5.64. The highest BCUT2D eigenvalue weighted by Gasteiger charge is 2.32. The molecule has 36 heavy (non-hydrogen) atoms. The highest BCUT2D eigenvalue weighted by atomic mass is 127. The van der Waals surface area contributed by atoms with E-state index in [1.807, 2.05) is 22.6 Å². The quantitative estimate of drug-likeness (QED) is 0.382. The predicted octanol–water partition coefficient (Wildman–Crippen LogP) is 2.46. The predicted molar refractivity (Wildman–Crippen MR) is 134 cm³/mol. The van der Waals surface area contributed by atoms with Gasteiger partial charge in [0.2, 0.25) is 10.0 Å². The van der Waals surface area contributed by atoms with E-state index < -0.39 is 33.7 Å². The molecule has 1 fully saturated rings. The summed E-state index contributed by atoms with van der Waals surface area (Å²) in [6, 6.07) is 6.72. The summed E-state index contributed by atoms with van der Waals surface area (Å²) in [5, 5.41) is 3.91. The molecule has 1 aliphatic rings. The molecule has 1 saturated heterocycles. The van der Waals surface area contributed by atoms with Gasteiger partial charge < -0.3 is 15.2 Å². The molecular formula is C23H23F2IN4O5S. The van der Waals surface area contributed by atoms with E-state index in [9.17, 15) is 22.0 Å². The van der Waals surface area contributed by atoms with Crippen LogP contribution in [-0.4, -0.2) is 60.8 Å². The number of benzene rings is 2. The van der Waals surface area contributed by atoms with E-state index in [-0.39, 0.29) is 60.1 Å². The molecule has 0 aliphatic carbocycles. The molecule has 9 nitrogen and oxygen atoms in total. The van der Waals surface area contributed by atoms with E-state index in [1.165, 1.54) is 27.4 Å². The molecule has 0 radical (unpaired) electrons. The summed E-state index contributed by atoms with van der Waals surface area (Å²) in [4.78, 5) is 12.3. The first-order valence-electron chi connectivity index (χ1n) is 10.8. The van der Waals surface area contributed by atoms with Gasteiger partial charge in [-0.3, -0.25) is 9.48 Å². The van der Waals surface area contributed by atoms with Gasteiger partial charge in [-0.15, -0.1) is 0 Å². The van der Waals surface area contributed by atoms with Crippen molar-refractivity contribution in [2.75, 3.05) is 26.3 Å². The van der Waals surface area contributed by atoms with Crippen molar-refractivity contribution in [2.24, 2.45) is 12.8 Å². The lowest BCUT2D eigenvalue weighted by atomic mass is 9.98. The number of ether oxygens (including phenoxy) is 2. The van der Waals surface area contributed by atoms with E-state index in [4.69, 9.17) is 15.2 Å². The van der Waals surface area contributed by atoms with Crippen molar-refractivity contribution in [3.05, 3.63) is 74.6 Å². The van der Waals surface area contributed by atoms with Crippen LogP contribution in [0.4, 0.5) is 8.78 Å². The summed E-state index contributed by atoms with van der Waals surface area (Å²) in [7, 11) is -2.17. The van der Waals surface area contributed by atoms with E-state index in [2.05, 4.69) is 5.10 Å². The second-order valence-electron chi connectivity index (χ2n) is 8.23. The van der Waals surface area contributed by atoms with Crippen molar-refractivity contribution in [3.8, 4) is 5.75 Å². The number of nitrogens with zero attached hydrogens (tertiary/aromatic N) is 3. The maximum Gasteiger partial charge on any atom is 0.252 e. The van der Waals surface area contributed by atoms with Crippen LogP contribution in [0.15, 0.2) is 47.6 Å². The minimum Gasteiger partial charge on any atom is -0.490 e. The summed E-state index contributed by atoms with van der Waals surface area (Å²) in [6.07, 6.45) is 1.90. The van der Waals surface area contributed by atoms with Crippen LogP contribution in [-0.2, 0) is 28.2 Å². The van der Waals surface area contributed by atoms with Crippen LogP contribution in [0.5, 0.6) is 5.75 Å². The van der Waals surface area contributed by atoms with Gasteiger partial charge >= 0.3 is 0 Å². The first kappa shape index (κ1) is 26.4. The molecule has 3 aromatic rings. The highest BCUT2D eigenvalue weighted by Crippen LogP contribution is 2.28. The molecule has 2 N–H and O–H groups in total. The maximum absolute atomic E-state index is 14.5. The topological polar surface area (TPSA) is 117 Å². The van der Waals surface area contributed by atoms with Crippen molar-refractivity contribution in [3.63, 3.8) is 0 Å². The average molecular weight is 632 g/mol. The number of rotatable bonds is 8. The fourth-order valence-electron chi connectivity index (χ4n) is 3.91. The molecule has 0 spiro atoms. The van der Waals surface area contributed by atoms with Crippen LogP contribution in [0.25, 0.3) is 0 Å². The number of nitrogens with two attached hydrogens (primary N) is 1. The first-order valence-corrected chi connectivity index (χ1v) is 13.4. The van der Waals surface area contributed by atoms with Crippen molar-refractivity contribution in [2.45, 2.75) is 17.4 Å². The molecule has 4 rings (SSSR count). The van der Waals surface area contributed by atoms with Gasteiger partial charge in [-0.05, 0) is 51.9 Å². The molecule has 1 aliphatic heterocycles.